The van der Waals surface area contributed by atoms with Crippen molar-refractivity contribution in [2.45, 2.75) is 6.92 Å². The Labute approximate surface area is 176 Å². The Balaban J connectivity index is 1.64. The van der Waals surface area contributed by atoms with Gasteiger partial charge in [-0.2, -0.15) is 10.1 Å². The molecule has 2 heterocycles. The van der Waals surface area contributed by atoms with Crippen LogP contribution in [-0.4, -0.2) is 11.6 Å². The van der Waals surface area contributed by atoms with Gasteiger partial charge in [0.15, 0.2) is 0 Å². The molecule has 140 valence electrons. The van der Waals surface area contributed by atoms with Crippen LogP contribution in [0.25, 0.3) is 17.4 Å². The lowest BCUT2D eigenvalue weighted by molar-refractivity contribution is -0.114. The highest BCUT2D eigenvalue weighted by atomic mass is 35.5. The summed E-state index contributed by atoms with van der Waals surface area (Å²) in [5.74, 6) is 0.878. The third-order valence-corrected chi connectivity index (χ3v) is 4.85. The summed E-state index contributed by atoms with van der Waals surface area (Å²) in [6.45, 7) is 1.77. The number of carbonyl (C=O) groups excluding carboxylic acids is 1. The van der Waals surface area contributed by atoms with E-state index in [1.807, 2.05) is 0 Å². The molecular weight excluding hydrogens is 419 g/mol. The van der Waals surface area contributed by atoms with E-state index in [-0.39, 0.29) is 5.91 Å². The van der Waals surface area contributed by atoms with E-state index in [0.717, 1.165) is 5.56 Å². The Hall–Kier alpha value is -2.53. The van der Waals surface area contributed by atoms with E-state index in [2.05, 4.69) is 5.10 Å². The molecule has 0 fully saturated rings. The number of halogens is 3. The fraction of sp³-hybridized carbons (Fsp3) is 0.0476. The number of anilines is 1. The number of rotatable bonds is 3. The smallest absolute Gasteiger partial charge is 0.280 e. The topological polar surface area (TPSA) is 45.8 Å². The normalized spacial score (nSPS) is 15.4. The third kappa shape index (κ3) is 3.72. The van der Waals surface area contributed by atoms with E-state index in [1.54, 1.807) is 67.6 Å². The monoisotopic (exact) mass is 430 g/mol. The van der Waals surface area contributed by atoms with Gasteiger partial charge in [0.25, 0.3) is 5.91 Å². The molecule has 28 heavy (non-hydrogen) atoms. The van der Waals surface area contributed by atoms with Gasteiger partial charge in [-0.15, -0.1) is 0 Å². The van der Waals surface area contributed by atoms with Gasteiger partial charge < -0.3 is 4.42 Å². The minimum Gasteiger partial charge on any atom is -0.457 e. The van der Waals surface area contributed by atoms with Gasteiger partial charge in [0, 0.05) is 20.6 Å². The predicted molar refractivity (Wildman–Crippen MR) is 114 cm³/mol. The Bertz CT molecular complexity index is 1130. The highest BCUT2D eigenvalue weighted by Crippen LogP contribution is 2.31. The molecule has 0 radical (unpaired) electrons. The molecule has 2 aromatic carbocycles. The van der Waals surface area contributed by atoms with Crippen LogP contribution >= 0.6 is 34.8 Å². The van der Waals surface area contributed by atoms with Gasteiger partial charge in [0.1, 0.15) is 11.5 Å². The van der Waals surface area contributed by atoms with Gasteiger partial charge in [0.05, 0.1) is 17.0 Å². The number of amides is 1. The molecule has 0 bridgehead atoms. The summed E-state index contributed by atoms with van der Waals surface area (Å²) in [6, 6.07) is 15.7. The molecule has 0 saturated heterocycles. The molecule has 1 amide bonds. The number of hydrogen-bond donors (Lipinski definition) is 0. The lowest BCUT2D eigenvalue weighted by atomic mass is 10.1. The number of benzene rings is 2. The largest absolute Gasteiger partial charge is 0.457 e. The van der Waals surface area contributed by atoms with Gasteiger partial charge in [0.2, 0.25) is 0 Å². The van der Waals surface area contributed by atoms with Gasteiger partial charge in [-0.3, -0.25) is 4.79 Å². The molecule has 0 aliphatic carbocycles. The number of nitrogens with zero attached hydrogens (tertiary/aromatic N) is 2. The van der Waals surface area contributed by atoms with E-state index >= 15 is 0 Å². The first-order valence-corrected chi connectivity index (χ1v) is 9.48. The third-order valence-electron chi connectivity index (χ3n) is 4.18. The second-order valence-electron chi connectivity index (χ2n) is 6.20. The molecule has 4 nitrogen and oxygen atoms in total. The van der Waals surface area contributed by atoms with Crippen LogP contribution in [-0.2, 0) is 4.79 Å². The lowest BCUT2D eigenvalue weighted by Crippen LogP contribution is -2.21. The zero-order chi connectivity index (χ0) is 19.8. The summed E-state index contributed by atoms with van der Waals surface area (Å²) >= 11 is 18.1. The van der Waals surface area contributed by atoms with E-state index in [4.69, 9.17) is 39.2 Å². The highest BCUT2D eigenvalue weighted by molar-refractivity contribution is 6.35. The Morgan fingerprint density at radius 1 is 0.964 bits per heavy atom. The zero-order valence-electron chi connectivity index (χ0n) is 14.6. The fourth-order valence-corrected chi connectivity index (χ4v) is 3.60. The maximum absolute atomic E-state index is 12.8. The van der Waals surface area contributed by atoms with Gasteiger partial charge in [-0.25, -0.2) is 0 Å². The molecule has 3 aromatic rings. The summed E-state index contributed by atoms with van der Waals surface area (Å²) in [6.07, 6.45) is 1.67. The van der Waals surface area contributed by atoms with Crippen molar-refractivity contribution in [1.82, 2.24) is 0 Å². The molecule has 1 aliphatic rings. The molecule has 0 atom stereocenters. The minimum atomic E-state index is -0.247. The van der Waals surface area contributed by atoms with Crippen LogP contribution in [0.4, 0.5) is 5.69 Å². The van der Waals surface area contributed by atoms with E-state index in [9.17, 15) is 4.79 Å². The fourth-order valence-electron chi connectivity index (χ4n) is 2.89. The van der Waals surface area contributed by atoms with Crippen molar-refractivity contribution < 1.29 is 9.21 Å². The number of furan rings is 1. The Morgan fingerprint density at radius 2 is 1.71 bits per heavy atom. The standard InChI is InChI=1S/C21H13Cl3N2O2/c1-12-19(21(27)26(25-12)17-4-2-3-14(22)10-17)11-18-5-6-20(28-18)13-7-15(23)9-16(24)8-13/h2-11H,1H3/b19-11+. The number of carbonyl (C=O) groups is 1. The van der Waals surface area contributed by atoms with Gasteiger partial charge in [-0.05, 0) is 61.5 Å². The average Bonchev–Trinajstić information content (AvgIpc) is 3.21. The van der Waals surface area contributed by atoms with E-state index in [1.165, 1.54) is 5.01 Å². The van der Waals surface area contributed by atoms with Crippen LogP contribution in [0, 0.1) is 0 Å². The second-order valence-corrected chi connectivity index (χ2v) is 7.51. The second kappa shape index (κ2) is 7.47. The van der Waals surface area contributed by atoms with Crippen molar-refractivity contribution in [1.29, 1.82) is 0 Å². The van der Waals surface area contributed by atoms with Crippen molar-refractivity contribution in [3.63, 3.8) is 0 Å². The first kappa shape index (κ1) is 18.8. The molecule has 1 aromatic heterocycles. The average molecular weight is 432 g/mol. The van der Waals surface area contributed by atoms with Crippen molar-refractivity contribution in [2.24, 2.45) is 5.10 Å². The van der Waals surface area contributed by atoms with Gasteiger partial charge >= 0.3 is 0 Å². The van der Waals surface area contributed by atoms with Crippen LogP contribution in [0.3, 0.4) is 0 Å². The minimum absolute atomic E-state index is 0.247. The Morgan fingerprint density at radius 3 is 2.43 bits per heavy atom. The summed E-state index contributed by atoms with van der Waals surface area (Å²) in [7, 11) is 0. The summed E-state index contributed by atoms with van der Waals surface area (Å²) in [5, 5.41) is 7.24. The van der Waals surface area contributed by atoms with Crippen molar-refractivity contribution in [3.8, 4) is 11.3 Å². The van der Waals surface area contributed by atoms with Gasteiger partial charge in [-0.1, -0.05) is 40.9 Å². The molecule has 1 aliphatic heterocycles. The SMILES string of the molecule is CC1=NN(c2cccc(Cl)c2)C(=O)/C1=C/c1ccc(-c2cc(Cl)cc(Cl)c2)o1. The Kier molecular flexibility index (Phi) is 5.02. The first-order valence-electron chi connectivity index (χ1n) is 8.34. The van der Waals surface area contributed by atoms with Crippen molar-refractivity contribution >= 4 is 58.2 Å². The van der Waals surface area contributed by atoms with Crippen LogP contribution in [0.5, 0.6) is 0 Å². The summed E-state index contributed by atoms with van der Waals surface area (Å²) < 4.78 is 5.86. The molecule has 0 saturated carbocycles. The maximum Gasteiger partial charge on any atom is 0.280 e. The molecule has 0 spiro atoms. The van der Waals surface area contributed by atoms with Crippen LogP contribution in [0.2, 0.25) is 15.1 Å². The predicted octanol–water partition coefficient (Wildman–Crippen LogP) is 6.71. The van der Waals surface area contributed by atoms with Crippen LogP contribution in [0.1, 0.15) is 12.7 Å². The van der Waals surface area contributed by atoms with E-state index < -0.39 is 0 Å². The molecule has 0 N–H and O–H groups in total. The van der Waals surface area contributed by atoms with Crippen LogP contribution in [0.15, 0.2) is 69.7 Å². The first-order chi connectivity index (χ1) is 13.4. The quantitative estimate of drug-likeness (QED) is 0.432. The maximum atomic E-state index is 12.8. The lowest BCUT2D eigenvalue weighted by Gasteiger charge is -2.11. The van der Waals surface area contributed by atoms with Crippen LogP contribution < -0.4 is 5.01 Å². The van der Waals surface area contributed by atoms with Crippen molar-refractivity contribution in [2.75, 3.05) is 5.01 Å². The zero-order valence-corrected chi connectivity index (χ0v) is 16.9. The van der Waals surface area contributed by atoms with Crippen molar-refractivity contribution in [3.05, 3.63) is 81.0 Å². The number of hydrogen-bond acceptors (Lipinski definition) is 3. The van der Waals surface area contributed by atoms with E-state index in [0.29, 0.717) is 43.6 Å². The molecule has 7 heteroatoms. The summed E-state index contributed by atoms with van der Waals surface area (Å²) in [4.78, 5) is 12.8. The summed E-state index contributed by atoms with van der Waals surface area (Å²) in [5.41, 5.74) is 2.40. The molecule has 0 unspecified atom stereocenters. The highest BCUT2D eigenvalue weighted by Gasteiger charge is 2.29. The molecule has 4 rings (SSSR count). The number of hydrazone groups is 1. The molecular formula is C21H13Cl3N2O2.